The number of imidazole rings is 1. The molecule has 68 heavy (non-hydrogen) atoms. The Kier molecular flexibility index (Phi) is 12.5. The first kappa shape index (κ1) is 48.2. The Hall–Kier alpha value is -6.26. The maximum Gasteiger partial charge on any atom is 0.149 e. The normalized spacial score (nSPS) is 12.8. The van der Waals surface area contributed by atoms with Crippen molar-refractivity contribution in [3.63, 3.8) is 0 Å². The monoisotopic (exact) mass is 900 g/mol. The summed E-state index contributed by atoms with van der Waals surface area (Å²) in [5.74, 6) is 0.964. The van der Waals surface area contributed by atoms with Gasteiger partial charge in [-0.1, -0.05) is 189 Å². The van der Waals surface area contributed by atoms with E-state index >= 15 is 0 Å². The Balaban J connectivity index is 1.41. The molecule has 0 spiro atoms. The summed E-state index contributed by atoms with van der Waals surface area (Å²) in [4.78, 5) is 10.7. The Morgan fingerprint density at radius 1 is 0.456 bits per heavy atom. The summed E-state index contributed by atoms with van der Waals surface area (Å²) in [6.07, 6.45) is 4.15. The van der Waals surface area contributed by atoms with E-state index in [1.54, 1.807) is 0 Å². The second-order valence-corrected chi connectivity index (χ2v) is 23.5. The first-order chi connectivity index (χ1) is 31.9. The van der Waals surface area contributed by atoms with E-state index < -0.39 is 0 Å². The summed E-state index contributed by atoms with van der Waals surface area (Å²) in [6, 6.07) is 48.9. The number of pyridine rings is 1. The van der Waals surface area contributed by atoms with Crippen LogP contribution in [-0.4, -0.2) is 19.6 Å². The SMILES string of the molecule is CCC(C)(CC)c1ccc(-c2ccnc(-c3cc(-c4cccc5c4nc(-c4cc(C(C)(C)C)cc(C(C)(C)C)c4O)n5-c4ccc(C(C)(C)C)cc4-c4ccccc4)cc(C(C)(C)C)c3)c2)cc1. The molecule has 2 heterocycles. The lowest BCUT2D eigenvalue weighted by molar-refractivity contribution is 0.439. The van der Waals surface area contributed by atoms with E-state index in [0.29, 0.717) is 5.82 Å². The molecule has 8 aromatic rings. The molecule has 0 saturated heterocycles. The first-order valence-electron chi connectivity index (χ1n) is 24.7. The van der Waals surface area contributed by atoms with Crippen molar-refractivity contribution in [3.8, 4) is 67.5 Å². The molecule has 0 amide bonds. The van der Waals surface area contributed by atoms with Crippen LogP contribution in [0.3, 0.4) is 0 Å². The van der Waals surface area contributed by atoms with E-state index in [1.165, 1.54) is 22.3 Å². The molecule has 0 fully saturated rings. The molecule has 0 saturated carbocycles. The van der Waals surface area contributed by atoms with Gasteiger partial charge >= 0.3 is 0 Å². The molecule has 0 aliphatic carbocycles. The molecule has 0 unspecified atom stereocenters. The molecule has 4 nitrogen and oxygen atoms in total. The number of nitrogens with zero attached hydrogens (tertiary/aromatic N) is 3. The fourth-order valence-corrected chi connectivity index (χ4v) is 9.47. The van der Waals surface area contributed by atoms with Gasteiger partial charge in [0.15, 0.2) is 0 Å². The molecule has 6 aromatic carbocycles. The van der Waals surface area contributed by atoms with Crippen molar-refractivity contribution >= 4 is 11.0 Å². The second-order valence-electron chi connectivity index (χ2n) is 23.5. The average molecular weight is 900 g/mol. The number of aromatic hydroxyl groups is 1. The van der Waals surface area contributed by atoms with Crippen LogP contribution in [0, 0.1) is 0 Å². The van der Waals surface area contributed by atoms with Crippen molar-refractivity contribution in [2.75, 3.05) is 0 Å². The Morgan fingerprint density at radius 2 is 1.06 bits per heavy atom. The van der Waals surface area contributed by atoms with Crippen molar-refractivity contribution in [3.05, 3.63) is 167 Å². The summed E-state index contributed by atoms with van der Waals surface area (Å²) in [6.45, 7) is 33.8. The third kappa shape index (κ3) is 9.32. The first-order valence-corrected chi connectivity index (χ1v) is 24.7. The number of phenolic OH excluding ortho intramolecular Hbond substituents is 1. The van der Waals surface area contributed by atoms with Crippen LogP contribution in [0.4, 0.5) is 0 Å². The lowest BCUT2D eigenvalue weighted by Crippen LogP contribution is -2.19. The third-order valence-corrected chi connectivity index (χ3v) is 14.5. The molecule has 4 heteroatoms. The molecular formula is C64H73N3O. The summed E-state index contributed by atoms with van der Waals surface area (Å²) in [5, 5.41) is 12.6. The molecule has 350 valence electrons. The summed E-state index contributed by atoms with van der Waals surface area (Å²) < 4.78 is 2.30. The highest BCUT2D eigenvalue weighted by atomic mass is 16.3. The van der Waals surface area contributed by atoms with Gasteiger partial charge in [0.1, 0.15) is 11.6 Å². The summed E-state index contributed by atoms with van der Waals surface area (Å²) in [7, 11) is 0. The fraction of sp³-hybridized carbons (Fsp3) is 0.344. The summed E-state index contributed by atoms with van der Waals surface area (Å²) in [5.41, 5.74) is 17.5. The molecule has 0 bridgehead atoms. The van der Waals surface area contributed by atoms with Crippen molar-refractivity contribution in [2.45, 2.75) is 144 Å². The smallest absolute Gasteiger partial charge is 0.149 e. The lowest BCUT2D eigenvalue weighted by Gasteiger charge is -2.28. The van der Waals surface area contributed by atoms with E-state index in [2.05, 4.69) is 242 Å². The quantitative estimate of drug-likeness (QED) is 0.157. The van der Waals surface area contributed by atoms with Crippen LogP contribution < -0.4 is 0 Å². The number of phenols is 1. The van der Waals surface area contributed by atoms with E-state index in [1.807, 2.05) is 6.20 Å². The molecule has 0 aliphatic rings. The predicted octanol–water partition coefficient (Wildman–Crippen LogP) is 17.7. The van der Waals surface area contributed by atoms with Gasteiger partial charge in [-0.05, 0) is 133 Å². The van der Waals surface area contributed by atoms with Gasteiger partial charge < -0.3 is 5.11 Å². The Labute approximate surface area is 407 Å². The van der Waals surface area contributed by atoms with Gasteiger partial charge in [-0.15, -0.1) is 0 Å². The molecule has 0 aliphatic heterocycles. The minimum Gasteiger partial charge on any atom is -0.507 e. The number of fused-ring (bicyclic) bond motifs is 1. The minimum absolute atomic E-state index is 0.0732. The molecule has 0 radical (unpaired) electrons. The van der Waals surface area contributed by atoms with Gasteiger partial charge in [0.05, 0.1) is 28.0 Å². The van der Waals surface area contributed by atoms with Gasteiger partial charge in [0, 0.05) is 28.5 Å². The average Bonchev–Trinajstić information content (AvgIpc) is 3.69. The van der Waals surface area contributed by atoms with Gasteiger partial charge in [-0.2, -0.15) is 0 Å². The van der Waals surface area contributed by atoms with E-state index in [9.17, 15) is 5.11 Å². The maximum atomic E-state index is 12.6. The zero-order valence-electron chi connectivity index (χ0n) is 43.5. The van der Waals surface area contributed by atoms with Gasteiger partial charge in [-0.3, -0.25) is 9.55 Å². The van der Waals surface area contributed by atoms with Crippen molar-refractivity contribution in [1.82, 2.24) is 14.5 Å². The van der Waals surface area contributed by atoms with Crippen molar-refractivity contribution < 1.29 is 5.11 Å². The predicted molar refractivity (Wildman–Crippen MR) is 290 cm³/mol. The number of hydrogen-bond donors (Lipinski definition) is 1. The van der Waals surface area contributed by atoms with E-state index in [0.717, 1.165) is 85.3 Å². The van der Waals surface area contributed by atoms with Crippen molar-refractivity contribution in [1.29, 1.82) is 0 Å². The number of benzene rings is 6. The zero-order chi connectivity index (χ0) is 49.1. The largest absolute Gasteiger partial charge is 0.507 e. The van der Waals surface area contributed by atoms with E-state index in [-0.39, 0.29) is 32.8 Å². The van der Waals surface area contributed by atoms with Crippen LogP contribution in [0.25, 0.3) is 72.7 Å². The van der Waals surface area contributed by atoms with Gasteiger partial charge in [0.2, 0.25) is 0 Å². The van der Waals surface area contributed by atoms with Crippen LogP contribution in [0.2, 0.25) is 0 Å². The van der Waals surface area contributed by atoms with Crippen molar-refractivity contribution in [2.24, 2.45) is 0 Å². The lowest BCUT2D eigenvalue weighted by atomic mass is 9.77. The highest BCUT2D eigenvalue weighted by Gasteiger charge is 2.30. The number of rotatable bonds is 9. The highest BCUT2D eigenvalue weighted by molar-refractivity contribution is 5.98. The fourth-order valence-electron chi connectivity index (χ4n) is 9.47. The number of para-hydroxylation sites is 1. The Morgan fingerprint density at radius 3 is 1.68 bits per heavy atom. The molecule has 2 aromatic heterocycles. The van der Waals surface area contributed by atoms with Crippen LogP contribution in [0.1, 0.15) is 145 Å². The van der Waals surface area contributed by atoms with Crippen LogP contribution >= 0.6 is 0 Å². The highest BCUT2D eigenvalue weighted by Crippen LogP contribution is 2.46. The van der Waals surface area contributed by atoms with Gasteiger partial charge in [0.25, 0.3) is 0 Å². The molecule has 8 rings (SSSR count). The zero-order valence-corrected chi connectivity index (χ0v) is 43.5. The van der Waals surface area contributed by atoms with Gasteiger partial charge in [-0.25, -0.2) is 4.98 Å². The standard InChI is InChI=1S/C64H73N3O/c1-16-64(15,17-2)46-28-26-41(27-29-46)43-32-33-65-54(37-43)45-34-44(35-48(36-45)61(6,7)8)50-24-21-25-56-57(50)66-59(52-39-49(62(9,10)11)40-53(58(52)68)63(12,13)14)67(56)55-31-30-47(60(3,4)5)38-51(55)42-22-19-18-20-23-42/h18-40,68H,16-17H2,1-15H3. The van der Waals surface area contributed by atoms with Crippen LogP contribution in [0.15, 0.2) is 140 Å². The van der Waals surface area contributed by atoms with E-state index in [4.69, 9.17) is 9.97 Å². The number of aromatic nitrogens is 3. The molecule has 1 N–H and O–H groups in total. The topological polar surface area (TPSA) is 50.9 Å². The third-order valence-electron chi connectivity index (χ3n) is 14.5. The minimum atomic E-state index is -0.324. The molecular weight excluding hydrogens is 827 g/mol. The maximum absolute atomic E-state index is 12.6. The van der Waals surface area contributed by atoms with Crippen LogP contribution in [-0.2, 0) is 27.1 Å². The molecule has 0 atom stereocenters. The second kappa shape index (κ2) is 17.7. The number of hydrogen-bond acceptors (Lipinski definition) is 3. The Bertz CT molecular complexity index is 3120. The van der Waals surface area contributed by atoms with Crippen LogP contribution in [0.5, 0.6) is 5.75 Å². The summed E-state index contributed by atoms with van der Waals surface area (Å²) >= 11 is 0.